The number of ketones is 1. The predicted molar refractivity (Wildman–Crippen MR) is 93.3 cm³/mol. The summed E-state index contributed by atoms with van der Waals surface area (Å²) in [4.78, 5) is 34.3. The molecule has 0 aromatic heterocycles. The van der Waals surface area contributed by atoms with E-state index in [0.29, 0.717) is 31.6 Å². The molecule has 1 amide bonds. The van der Waals surface area contributed by atoms with Crippen molar-refractivity contribution in [1.29, 1.82) is 0 Å². The zero-order chi connectivity index (χ0) is 18.8. The van der Waals surface area contributed by atoms with Gasteiger partial charge in [0, 0.05) is 5.92 Å². The lowest BCUT2D eigenvalue weighted by atomic mass is 9.99. The van der Waals surface area contributed by atoms with Crippen LogP contribution in [0.2, 0.25) is 0 Å². The first-order chi connectivity index (χ1) is 11.8. The summed E-state index contributed by atoms with van der Waals surface area (Å²) in [6, 6.07) is 6.42. The maximum absolute atomic E-state index is 12.3. The Morgan fingerprint density at radius 1 is 1.24 bits per heavy atom. The zero-order valence-corrected chi connectivity index (χ0v) is 14.7. The van der Waals surface area contributed by atoms with E-state index in [-0.39, 0.29) is 17.6 Å². The first-order valence-electron chi connectivity index (χ1n) is 8.28. The molecule has 0 unspecified atom stereocenters. The Morgan fingerprint density at radius 2 is 1.88 bits per heavy atom. The van der Waals surface area contributed by atoms with E-state index in [1.54, 1.807) is 31.2 Å². The molecule has 0 spiro atoms. The summed E-state index contributed by atoms with van der Waals surface area (Å²) >= 11 is 0. The van der Waals surface area contributed by atoms with Gasteiger partial charge in [0.05, 0.1) is 6.04 Å². The van der Waals surface area contributed by atoms with Crippen molar-refractivity contribution < 1.29 is 24.2 Å². The fraction of sp³-hybridized carbons (Fsp3) is 0.500. The third-order valence-electron chi connectivity index (χ3n) is 3.78. The predicted octanol–water partition coefficient (Wildman–Crippen LogP) is 1.14. The Balaban J connectivity index is 2.56. The number of hydrogen-bond acceptors (Lipinski definition) is 5. The summed E-state index contributed by atoms with van der Waals surface area (Å²) < 4.78 is 5.06. The number of rotatable bonds is 11. The molecule has 0 radical (unpaired) electrons. The maximum Gasteiger partial charge on any atom is 0.341 e. The van der Waals surface area contributed by atoms with Crippen LogP contribution in [0, 0.1) is 5.92 Å². The number of hydrogen-bond donors (Lipinski definition) is 3. The number of ether oxygens (including phenoxy) is 1. The second kappa shape index (κ2) is 10.5. The molecule has 0 heterocycles. The summed E-state index contributed by atoms with van der Waals surface area (Å²) in [5.74, 6) is -1.13. The molecular weight excluding hydrogens is 324 g/mol. The molecule has 0 aliphatic rings. The Bertz CT molecular complexity index is 586. The largest absolute Gasteiger partial charge is 0.482 e. The molecule has 0 aliphatic carbocycles. The van der Waals surface area contributed by atoms with E-state index in [1.165, 1.54) is 6.92 Å². The average molecular weight is 350 g/mol. The Morgan fingerprint density at radius 3 is 2.40 bits per heavy atom. The Labute approximate surface area is 147 Å². The topological polar surface area (TPSA) is 119 Å². The van der Waals surface area contributed by atoms with Crippen LogP contribution in [0.25, 0.3) is 0 Å². The standard InChI is InChI=1S/C18H26N2O5/c1-12(18(24)20-16(13(2)21)4-3-9-19)10-14-5-7-15(8-6-14)25-11-17(22)23/h5-8,12,16H,3-4,9-11,19H2,1-2H3,(H,20,24)(H,22,23)/t12-,16-/m0/s1. The van der Waals surface area contributed by atoms with Gasteiger partial charge in [0.1, 0.15) is 5.75 Å². The Kier molecular flexibility index (Phi) is 8.63. The second-order valence-electron chi connectivity index (χ2n) is 6.03. The molecule has 1 aromatic carbocycles. The van der Waals surface area contributed by atoms with E-state index in [4.69, 9.17) is 15.6 Å². The number of amides is 1. The first kappa shape index (κ1) is 20.6. The Hall–Kier alpha value is -2.41. The van der Waals surface area contributed by atoms with Crippen LogP contribution in [0.15, 0.2) is 24.3 Å². The minimum Gasteiger partial charge on any atom is -0.482 e. The molecule has 0 aliphatic heterocycles. The van der Waals surface area contributed by atoms with Gasteiger partial charge in [0.25, 0.3) is 0 Å². The number of carbonyl (C=O) groups excluding carboxylic acids is 2. The average Bonchev–Trinajstić information content (AvgIpc) is 2.57. The van der Waals surface area contributed by atoms with Crippen molar-refractivity contribution in [2.45, 2.75) is 39.2 Å². The van der Waals surface area contributed by atoms with Crippen LogP contribution in [-0.2, 0) is 20.8 Å². The van der Waals surface area contributed by atoms with E-state index in [2.05, 4.69) is 5.32 Å². The first-order valence-corrected chi connectivity index (χ1v) is 8.28. The van der Waals surface area contributed by atoms with Gasteiger partial charge in [-0.1, -0.05) is 19.1 Å². The molecular formula is C18H26N2O5. The molecule has 1 rings (SSSR count). The SMILES string of the molecule is CC(=O)[C@H](CCCN)NC(=O)[C@@H](C)Cc1ccc(OCC(=O)O)cc1. The number of carboxylic acids is 1. The van der Waals surface area contributed by atoms with Crippen molar-refractivity contribution in [3.63, 3.8) is 0 Å². The van der Waals surface area contributed by atoms with Crippen molar-refractivity contribution >= 4 is 17.7 Å². The molecule has 1 aromatic rings. The molecule has 25 heavy (non-hydrogen) atoms. The van der Waals surface area contributed by atoms with Crippen molar-refractivity contribution in [1.82, 2.24) is 5.32 Å². The zero-order valence-electron chi connectivity index (χ0n) is 14.7. The van der Waals surface area contributed by atoms with Gasteiger partial charge in [-0.2, -0.15) is 0 Å². The lowest BCUT2D eigenvalue weighted by molar-refractivity contribution is -0.139. The van der Waals surface area contributed by atoms with Crippen LogP contribution < -0.4 is 15.8 Å². The van der Waals surface area contributed by atoms with E-state index < -0.39 is 18.6 Å². The van der Waals surface area contributed by atoms with Gasteiger partial charge in [-0.05, 0) is 50.4 Å². The number of benzene rings is 1. The van der Waals surface area contributed by atoms with Gasteiger partial charge in [-0.25, -0.2) is 4.79 Å². The molecule has 0 saturated heterocycles. The van der Waals surface area contributed by atoms with E-state index in [0.717, 1.165) is 5.56 Å². The van der Waals surface area contributed by atoms with Crippen LogP contribution in [0.5, 0.6) is 5.75 Å². The normalized spacial score (nSPS) is 12.9. The highest BCUT2D eigenvalue weighted by molar-refractivity contribution is 5.88. The van der Waals surface area contributed by atoms with Gasteiger partial charge >= 0.3 is 5.97 Å². The maximum atomic E-state index is 12.3. The number of nitrogens with one attached hydrogen (secondary N) is 1. The summed E-state index contributed by atoms with van der Waals surface area (Å²) in [7, 11) is 0. The number of aliphatic carboxylic acids is 1. The third kappa shape index (κ3) is 7.80. The smallest absolute Gasteiger partial charge is 0.341 e. The number of nitrogens with two attached hydrogens (primary N) is 1. The molecule has 2 atom stereocenters. The van der Waals surface area contributed by atoms with Gasteiger partial charge in [0.15, 0.2) is 12.4 Å². The van der Waals surface area contributed by atoms with Crippen LogP contribution in [-0.4, -0.2) is 42.0 Å². The third-order valence-corrected chi connectivity index (χ3v) is 3.78. The highest BCUT2D eigenvalue weighted by Crippen LogP contribution is 2.15. The van der Waals surface area contributed by atoms with Gasteiger partial charge < -0.3 is 20.9 Å². The summed E-state index contributed by atoms with van der Waals surface area (Å²) in [6.45, 7) is 3.34. The molecule has 0 saturated carbocycles. The van der Waals surface area contributed by atoms with Crippen LogP contribution in [0.1, 0.15) is 32.3 Å². The fourth-order valence-electron chi connectivity index (χ4n) is 2.33. The fourth-order valence-corrected chi connectivity index (χ4v) is 2.33. The minimum absolute atomic E-state index is 0.0751. The van der Waals surface area contributed by atoms with E-state index in [9.17, 15) is 14.4 Å². The highest BCUT2D eigenvalue weighted by Gasteiger charge is 2.20. The van der Waals surface area contributed by atoms with Gasteiger partial charge in [-0.15, -0.1) is 0 Å². The van der Waals surface area contributed by atoms with Crippen molar-refractivity contribution in [3.8, 4) is 5.75 Å². The molecule has 138 valence electrons. The highest BCUT2D eigenvalue weighted by atomic mass is 16.5. The van der Waals surface area contributed by atoms with Crippen LogP contribution >= 0.6 is 0 Å². The van der Waals surface area contributed by atoms with Crippen molar-refractivity contribution in [2.24, 2.45) is 11.7 Å². The van der Waals surface area contributed by atoms with Crippen molar-refractivity contribution in [2.75, 3.05) is 13.2 Å². The molecule has 7 nitrogen and oxygen atoms in total. The van der Waals surface area contributed by atoms with Crippen LogP contribution in [0.3, 0.4) is 0 Å². The van der Waals surface area contributed by atoms with Crippen molar-refractivity contribution in [3.05, 3.63) is 29.8 Å². The quantitative estimate of drug-likeness (QED) is 0.551. The van der Waals surface area contributed by atoms with Gasteiger partial charge in [-0.3, -0.25) is 9.59 Å². The second-order valence-corrected chi connectivity index (χ2v) is 6.03. The molecule has 0 bridgehead atoms. The summed E-state index contributed by atoms with van der Waals surface area (Å²) in [6.07, 6.45) is 1.73. The number of Topliss-reactive ketones (excluding diaryl/α,β-unsaturated/α-hetero) is 1. The molecule has 0 fully saturated rings. The summed E-state index contributed by atoms with van der Waals surface area (Å²) in [5.41, 5.74) is 6.38. The number of carbonyl (C=O) groups is 3. The molecule has 4 N–H and O–H groups in total. The monoisotopic (exact) mass is 350 g/mol. The lowest BCUT2D eigenvalue weighted by Crippen LogP contribution is -2.42. The van der Waals surface area contributed by atoms with Crippen LogP contribution in [0.4, 0.5) is 0 Å². The van der Waals surface area contributed by atoms with E-state index in [1.807, 2.05) is 0 Å². The number of carboxylic acid groups (broad SMARTS) is 1. The molecule has 7 heteroatoms. The summed E-state index contributed by atoms with van der Waals surface area (Å²) in [5, 5.41) is 11.4. The van der Waals surface area contributed by atoms with E-state index >= 15 is 0 Å². The minimum atomic E-state index is -1.04. The van der Waals surface area contributed by atoms with Gasteiger partial charge in [0.2, 0.25) is 5.91 Å². The lowest BCUT2D eigenvalue weighted by Gasteiger charge is -2.19.